The van der Waals surface area contributed by atoms with Gasteiger partial charge in [-0.05, 0) is 30.0 Å². The van der Waals surface area contributed by atoms with Crippen LogP contribution in [0.1, 0.15) is 17.2 Å². The summed E-state index contributed by atoms with van der Waals surface area (Å²) in [5, 5.41) is 10.6. The Bertz CT molecular complexity index is 483. The fraction of sp³-hybridized carbons (Fsp3) is 0.333. The molecule has 5 heteroatoms. The van der Waals surface area contributed by atoms with Crippen LogP contribution in [0.5, 0.6) is 0 Å². The van der Waals surface area contributed by atoms with E-state index in [2.05, 4.69) is 32.6 Å². The molecule has 0 aliphatic carbocycles. The minimum atomic E-state index is 0.447. The van der Waals surface area contributed by atoms with Crippen LogP contribution in [0, 0.1) is 0 Å². The molecule has 0 spiro atoms. The molecule has 1 aliphatic rings. The van der Waals surface area contributed by atoms with E-state index in [1.165, 1.54) is 11.3 Å². The van der Waals surface area contributed by atoms with Crippen molar-refractivity contribution in [3.63, 3.8) is 0 Å². The van der Waals surface area contributed by atoms with Gasteiger partial charge in [-0.3, -0.25) is 0 Å². The molecule has 2 aromatic heterocycles. The number of aromatic nitrogens is 2. The van der Waals surface area contributed by atoms with E-state index in [4.69, 9.17) is 11.6 Å². The summed E-state index contributed by atoms with van der Waals surface area (Å²) in [6.45, 7) is 2.07. The van der Waals surface area contributed by atoms with Crippen LogP contribution in [-0.2, 0) is 0 Å². The van der Waals surface area contributed by atoms with Gasteiger partial charge in [0.15, 0.2) is 11.0 Å². The first kappa shape index (κ1) is 11.0. The van der Waals surface area contributed by atoms with Crippen LogP contribution in [-0.4, -0.2) is 23.3 Å². The van der Waals surface area contributed by atoms with E-state index in [9.17, 15) is 0 Å². The predicted molar refractivity (Wildman–Crippen MR) is 70.9 cm³/mol. The van der Waals surface area contributed by atoms with Gasteiger partial charge in [-0.25, -0.2) is 0 Å². The summed E-state index contributed by atoms with van der Waals surface area (Å²) < 4.78 is 0. The van der Waals surface area contributed by atoms with Crippen molar-refractivity contribution in [1.82, 2.24) is 10.2 Å². The van der Waals surface area contributed by atoms with Crippen LogP contribution in [0.25, 0.3) is 0 Å². The summed E-state index contributed by atoms with van der Waals surface area (Å²) in [5.41, 5.74) is 0. The zero-order valence-electron chi connectivity index (χ0n) is 9.21. The second-order valence-corrected chi connectivity index (χ2v) is 5.53. The SMILES string of the molecule is Clc1ccc(N2CCC(c3cccs3)C2)nn1. The van der Waals surface area contributed by atoms with Gasteiger partial charge in [0.2, 0.25) is 0 Å². The molecule has 0 saturated carbocycles. The molecule has 0 bridgehead atoms. The normalized spacial score (nSPS) is 19.8. The minimum absolute atomic E-state index is 0.447. The molecule has 3 rings (SSSR count). The molecule has 1 saturated heterocycles. The van der Waals surface area contributed by atoms with Crippen molar-refractivity contribution in [1.29, 1.82) is 0 Å². The number of nitrogens with zero attached hydrogens (tertiary/aromatic N) is 3. The van der Waals surface area contributed by atoms with Gasteiger partial charge in [-0.1, -0.05) is 17.7 Å². The van der Waals surface area contributed by atoms with Gasteiger partial charge in [0, 0.05) is 23.9 Å². The fourth-order valence-corrected chi connectivity index (χ4v) is 3.16. The van der Waals surface area contributed by atoms with E-state index in [1.807, 2.05) is 17.4 Å². The monoisotopic (exact) mass is 265 g/mol. The molecule has 1 atom stereocenters. The lowest BCUT2D eigenvalue weighted by atomic mass is 10.1. The number of anilines is 1. The maximum absolute atomic E-state index is 5.74. The molecular weight excluding hydrogens is 254 g/mol. The van der Waals surface area contributed by atoms with E-state index < -0.39 is 0 Å². The summed E-state index contributed by atoms with van der Waals surface area (Å²) in [6.07, 6.45) is 1.19. The molecule has 3 nitrogen and oxygen atoms in total. The summed E-state index contributed by atoms with van der Waals surface area (Å²) in [7, 11) is 0. The third-order valence-electron chi connectivity index (χ3n) is 3.08. The van der Waals surface area contributed by atoms with Crippen molar-refractivity contribution >= 4 is 28.8 Å². The zero-order valence-corrected chi connectivity index (χ0v) is 10.8. The number of rotatable bonds is 2. The number of hydrogen-bond acceptors (Lipinski definition) is 4. The first-order valence-electron chi connectivity index (χ1n) is 5.60. The van der Waals surface area contributed by atoms with E-state index >= 15 is 0 Å². The molecule has 3 heterocycles. The van der Waals surface area contributed by atoms with Gasteiger partial charge < -0.3 is 4.90 Å². The van der Waals surface area contributed by atoms with Crippen molar-refractivity contribution in [2.45, 2.75) is 12.3 Å². The Morgan fingerprint density at radius 2 is 2.24 bits per heavy atom. The van der Waals surface area contributed by atoms with Gasteiger partial charge >= 0.3 is 0 Å². The molecule has 0 amide bonds. The molecule has 1 fully saturated rings. The second kappa shape index (κ2) is 4.63. The summed E-state index contributed by atoms with van der Waals surface area (Å²) in [6, 6.07) is 8.06. The Hall–Kier alpha value is -1.13. The molecule has 0 aromatic carbocycles. The molecule has 2 aromatic rings. The lowest BCUT2D eigenvalue weighted by Gasteiger charge is -2.16. The largest absolute Gasteiger partial charge is 0.354 e. The topological polar surface area (TPSA) is 29.0 Å². The highest BCUT2D eigenvalue weighted by Crippen LogP contribution is 2.32. The number of halogens is 1. The van der Waals surface area contributed by atoms with E-state index in [0.717, 1.165) is 18.9 Å². The third-order valence-corrected chi connectivity index (χ3v) is 4.31. The first-order valence-corrected chi connectivity index (χ1v) is 6.86. The van der Waals surface area contributed by atoms with Crippen LogP contribution < -0.4 is 4.90 Å². The third kappa shape index (κ3) is 2.28. The molecule has 1 unspecified atom stereocenters. The number of hydrogen-bond donors (Lipinski definition) is 0. The van der Waals surface area contributed by atoms with Gasteiger partial charge in [-0.15, -0.1) is 21.5 Å². The summed E-state index contributed by atoms with van der Waals surface area (Å²) in [4.78, 5) is 3.74. The van der Waals surface area contributed by atoms with E-state index in [1.54, 1.807) is 6.07 Å². The maximum Gasteiger partial charge on any atom is 0.151 e. The van der Waals surface area contributed by atoms with E-state index in [0.29, 0.717) is 11.1 Å². The molecule has 1 aliphatic heterocycles. The molecule has 88 valence electrons. The Labute approximate surface area is 109 Å². The predicted octanol–water partition coefficient (Wildman–Crippen LogP) is 3.19. The van der Waals surface area contributed by atoms with Crippen molar-refractivity contribution in [3.05, 3.63) is 39.7 Å². The van der Waals surface area contributed by atoms with Crippen molar-refractivity contribution in [2.75, 3.05) is 18.0 Å². The summed E-state index contributed by atoms with van der Waals surface area (Å²) in [5.74, 6) is 1.56. The average molecular weight is 266 g/mol. The summed E-state index contributed by atoms with van der Waals surface area (Å²) >= 11 is 7.57. The molecular formula is C12H12ClN3S. The van der Waals surface area contributed by atoms with Crippen molar-refractivity contribution < 1.29 is 0 Å². The van der Waals surface area contributed by atoms with Gasteiger partial charge in [0.05, 0.1) is 0 Å². The Kier molecular flexibility index (Phi) is 2.99. The zero-order chi connectivity index (χ0) is 11.7. The van der Waals surface area contributed by atoms with Crippen LogP contribution >= 0.6 is 22.9 Å². The molecule has 17 heavy (non-hydrogen) atoms. The fourth-order valence-electron chi connectivity index (χ4n) is 2.20. The lowest BCUT2D eigenvalue weighted by Crippen LogP contribution is -2.20. The molecule has 0 radical (unpaired) electrons. The van der Waals surface area contributed by atoms with Crippen LogP contribution in [0.3, 0.4) is 0 Å². The van der Waals surface area contributed by atoms with Crippen LogP contribution in [0.4, 0.5) is 5.82 Å². The minimum Gasteiger partial charge on any atom is -0.354 e. The lowest BCUT2D eigenvalue weighted by molar-refractivity contribution is 0.790. The van der Waals surface area contributed by atoms with Crippen LogP contribution in [0.2, 0.25) is 5.15 Å². The second-order valence-electron chi connectivity index (χ2n) is 4.16. The van der Waals surface area contributed by atoms with Crippen molar-refractivity contribution in [3.8, 4) is 0 Å². The van der Waals surface area contributed by atoms with Gasteiger partial charge in [0.1, 0.15) is 0 Å². The van der Waals surface area contributed by atoms with Crippen molar-refractivity contribution in [2.24, 2.45) is 0 Å². The maximum atomic E-state index is 5.74. The standard InChI is InChI=1S/C12H12ClN3S/c13-11-3-4-12(15-14-11)16-6-5-9(8-16)10-2-1-7-17-10/h1-4,7,9H,5-6,8H2. The average Bonchev–Trinajstić information content (AvgIpc) is 3.00. The van der Waals surface area contributed by atoms with Crippen LogP contribution in [0.15, 0.2) is 29.6 Å². The number of thiophene rings is 1. The highest BCUT2D eigenvalue weighted by atomic mass is 35.5. The highest BCUT2D eigenvalue weighted by Gasteiger charge is 2.25. The molecule has 0 N–H and O–H groups in total. The van der Waals surface area contributed by atoms with E-state index in [-0.39, 0.29) is 0 Å². The first-order chi connectivity index (χ1) is 8.33. The Morgan fingerprint density at radius 1 is 1.29 bits per heavy atom. The Morgan fingerprint density at radius 3 is 2.94 bits per heavy atom. The van der Waals surface area contributed by atoms with Gasteiger partial charge in [0.25, 0.3) is 0 Å². The van der Waals surface area contributed by atoms with Gasteiger partial charge in [-0.2, -0.15) is 0 Å². The highest BCUT2D eigenvalue weighted by molar-refractivity contribution is 7.10. The Balaban J connectivity index is 1.74. The quantitative estimate of drug-likeness (QED) is 0.835. The smallest absolute Gasteiger partial charge is 0.151 e.